The quantitative estimate of drug-likeness (QED) is 0.591. The van der Waals surface area contributed by atoms with Crippen LogP contribution in [0.25, 0.3) is 0 Å². The van der Waals surface area contributed by atoms with Gasteiger partial charge in [-0.2, -0.15) is 0 Å². The Labute approximate surface area is 64.2 Å². The predicted octanol–water partition coefficient (Wildman–Crippen LogP) is 0.738. The van der Waals surface area contributed by atoms with Gasteiger partial charge in [-0.3, -0.25) is 4.79 Å². The maximum atomic E-state index is 10.4. The van der Waals surface area contributed by atoms with Gasteiger partial charge in [-0.05, 0) is 6.42 Å². The Morgan fingerprint density at radius 1 is 1.45 bits per heavy atom. The molecule has 0 aromatic rings. The number of carbonyl (C=O) groups is 2. The van der Waals surface area contributed by atoms with E-state index in [1.165, 1.54) is 0 Å². The van der Waals surface area contributed by atoms with Gasteiger partial charge in [-0.25, -0.2) is 4.79 Å². The van der Waals surface area contributed by atoms with Crippen LogP contribution in [0.3, 0.4) is 0 Å². The molecule has 0 unspecified atom stereocenters. The molecule has 0 bridgehead atoms. The number of aliphatic carboxylic acids is 2. The lowest BCUT2D eigenvalue weighted by Gasteiger charge is -2.07. The van der Waals surface area contributed by atoms with Gasteiger partial charge in [0, 0.05) is 5.57 Å². The molecule has 0 aromatic heterocycles. The van der Waals surface area contributed by atoms with Crippen molar-refractivity contribution in [2.75, 3.05) is 0 Å². The molecule has 4 nitrogen and oxygen atoms in total. The van der Waals surface area contributed by atoms with Crippen molar-refractivity contribution in [1.82, 2.24) is 0 Å². The minimum absolute atomic E-state index is 0.250. The van der Waals surface area contributed by atoms with Crippen molar-refractivity contribution in [3.05, 3.63) is 12.2 Å². The Kier molecular flexibility index (Phi) is 3.30. The van der Waals surface area contributed by atoms with E-state index >= 15 is 0 Å². The Balaban J connectivity index is 4.39. The van der Waals surface area contributed by atoms with Crippen LogP contribution in [0.2, 0.25) is 0 Å². The molecule has 11 heavy (non-hydrogen) atoms. The molecular weight excluding hydrogens is 148 g/mol. The van der Waals surface area contributed by atoms with Crippen molar-refractivity contribution in [3.8, 4) is 0 Å². The Morgan fingerprint density at radius 3 is 2.00 bits per heavy atom. The van der Waals surface area contributed by atoms with Crippen molar-refractivity contribution in [2.24, 2.45) is 5.92 Å². The maximum absolute atomic E-state index is 10.4. The molecule has 0 fully saturated rings. The Hall–Kier alpha value is -1.32. The van der Waals surface area contributed by atoms with Crippen LogP contribution in [0.15, 0.2) is 12.2 Å². The average molecular weight is 158 g/mol. The van der Waals surface area contributed by atoms with E-state index in [1.54, 1.807) is 6.92 Å². The lowest BCUT2D eigenvalue weighted by molar-refractivity contribution is -0.143. The summed E-state index contributed by atoms with van der Waals surface area (Å²) >= 11 is 0. The minimum Gasteiger partial charge on any atom is -0.481 e. The van der Waals surface area contributed by atoms with E-state index in [9.17, 15) is 9.59 Å². The van der Waals surface area contributed by atoms with E-state index in [0.717, 1.165) is 0 Å². The second-order valence-corrected chi connectivity index (χ2v) is 2.13. The minimum atomic E-state index is -1.25. The number of hydrogen-bond acceptors (Lipinski definition) is 2. The van der Waals surface area contributed by atoms with Gasteiger partial charge in [0.2, 0.25) is 0 Å². The van der Waals surface area contributed by atoms with Crippen LogP contribution in [0.5, 0.6) is 0 Å². The molecule has 0 aliphatic rings. The number of hydrogen-bond donors (Lipinski definition) is 2. The first-order chi connectivity index (χ1) is 5.00. The zero-order valence-electron chi connectivity index (χ0n) is 6.20. The van der Waals surface area contributed by atoms with Gasteiger partial charge >= 0.3 is 11.9 Å². The van der Waals surface area contributed by atoms with Crippen molar-refractivity contribution in [1.29, 1.82) is 0 Å². The van der Waals surface area contributed by atoms with Gasteiger partial charge in [0.1, 0.15) is 0 Å². The van der Waals surface area contributed by atoms with Gasteiger partial charge in [0.15, 0.2) is 0 Å². The third-order valence-electron chi connectivity index (χ3n) is 1.40. The molecule has 4 heteroatoms. The Bertz CT molecular complexity index is 195. The average Bonchev–Trinajstić information content (AvgIpc) is 1.88. The molecule has 0 aromatic carbocycles. The van der Waals surface area contributed by atoms with Gasteiger partial charge in [0.05, 0.1) is 5.92 Å². The lowest BCUT2D eigenvalue weighted by atomic mass is 9.98. The van der Waals surface area contributed by atoms with E-state index < -0.39 is 17.9 Å². The van der Waals surface area contributed by atoms with Crippen molar-refractivity contribution < 1.29 is 19.8 Å². The smallest absolute Gasteiger partial charge is 0.331 e. The molecule has 0 radical (unpaired) electrons. The molecule has 0 amide bonds. The van der Waals surface area contributed by atoms with E-state index in [0.29, 0.717) is 0 Å². The first-order valence-electron chi connectivity index (χ1n) is 3.15. The van der Waals surface area contributed by atoms with Gasteiger partial charge in [-0.1, -0.05) is 13.5 Å². The molecule has 2 N–H and O–H groups in total. The Morgan fingerprint density at radius 2 is 1.91 bits per heavy atom. The fourth-order valence-electron chi connectivity index (χ4n) is 0.719. The van der Waals surface area contributed by atoms with Gasteiger partial charge in [0.25, 0.3) is 0 Å². The van der Waals surface area contributed by atoms with E-state index in [2.05, 4.69) is 6.58 Å². The van der Waals surface area contributed by atoms with Crippen LogP contribution in [-0.2, 0) is 9.59 Å². The van der Waals surface area contributed by atoms with Crippen LogP contribution in [-0.4, -0.2) is 22.2 Å². The standard InChI is InChI=1S/C7H10O4/c1-3-5(7(10)11)4(2)6(8)9/h5H,2-3H2,1H3,(H,8,9)(H,10,11)/t5-/m0/s1. The highest BCUT2D eigenvalue weighted by Crippen LogP contribution is 2.13. The van der Waals surface area contributed by atoms with Gasteiger partial charge < -0.3 is 10.2 Å². The summed E-state index contributed by atoms with van der Waals surface area (Å²) in [4.78, 5) is 20.6. The van der Waals surface area contributed by atoms with Crippen molar-refractivity contribution >= 4 is 11.9 Å². The van der Waals surface area contributed by atoms with E-state index in [-0.39, 0.29) is 12.0 Å². The van der Waals surface area contributed by atoms with Crippen molar-refractivity contribution in [3.63, 3.8) is 0 Å². The summed E-state index contributed by atoms with van der Waals surface area (Å²) in [6.45, 7) is 4.77. The second kappa shape index (κ2) is 3.75. The predicted molar refractivity (Wildman–Crippen MR) is 38.2 cm³/mol. The maximum Gasteiger partial charge on any atom is 0.331 e. The van der Waals surface area contributed by atoms with Crippen LogP contribution >= 0.6 is 0 Å². The molecule has 0 aliphatic carbocycles. The van der Waals surface area contributed by atoms with Crippen LogP contribution in [0, 0.1) is 5.92 Å². The lowest BCUT2D eigenvalue weighted by Crippen LogP contribution is -2.19. The molecular formula is C7H10O4. The monoisotopic (exact) mass is 158 g/mol. The van der Waals surface area contributed by atoms with E-state index in [1.807, 2.05) is 0 Å². The summed E-state index contributed by atoms with van der Waals surface area (Å²) in [5, 5.41) is 16.8. The molecule has 0 aliphatic heterocycles. The highest BCUT2D eigenvalue weighted by Gasteiger charge is 2.22. The summed E-state index contributed by atoms with van der Waals surface area (Å²) in [5.74, 6) is -3.35. The van der Waals surface area contributed by atoms with Crippen LogP contribution < -0.4 is 0 Å². The third-order valence-corrected chi connectivity index (χ3v) is 1.40. The summed E-state index contributed by atoms with van der Waals surface area (Å²) in [5.41, 5.74) is -0.264. The molecule has 62 valence electrons. The fraction of sp³-hybridized carbons (Fsp3) is 0.429. The summed E-state index contributed by atoms with van der Waals surface area (Å²) < 4.78 is 0. The highest BCUT2D eigenvalue weighted by atomic mass is 16.4. The topological polar surface area (TPSA) is 74.6 Å². The van der Waals surface area contributed by atoms with Crippen LogP contribution in [0.4, 0.5) is 0 Å². The summed E-state index contributed by atoms with van der Waals surface area (Å²) in [6.07, 6.45) is 0.250. The molecule has 0 rings (SSSR count). The number of carboxylic acids is 2. The van der Waals surface area contributed by atoms with E-state index in [4.69, 9.17) is 10.2 Å². The summed E-state index contributed by atoms with van der Waals surface area (Å²) in [7, 11) is 0. The zero-order valence-corrected chi connectivity index (χ0v) is 6.20. The normalized spacial score (nSPS) is 12.1. The summed E-state index contributed by atoms with van der Waals surface area (Å²) in [6, 6.07) is 0. The molecule has 0 saturated heterocycles. The molecule has 0 heterocycles. The second-order valence-electron chi connectivity index (χ2n) is 2.13. The number of carboxylic acid groups (broad SMARTS) is 2. The first-order valence-corrected chi connectivity index (χ1v) is 3.15. The third kappa shape index (κ3) is 2.41. The molecule has 0 saturated carbocycles. The zero-order chi connectivity index (χ0) is 9.02. The first kappa shape index (κ1) is 9.68. The van der Waals surface area contributed by atoms with Crippen LogP contribution in [0.1, 0.15) is 13.3 Å². The van der Waals surface area contributed by atoms with Crippen molar-refractivity contribution in [2.45, 2.75) is 13.3 Å². The fourth-order valence-corrected chi connectivity index (χ4v) is 0.719. The largest absolute Gasteiger partial charge is 0.481 e. The molecule has 0 spiro atoms. The number of rotatable bonds is 4. The SMILES string of the molecule is C=C(C(=O)O)[C@H](CC)C(=O)O. The van der Waals surface area contributed by atoms with Gasteiger partial charge in [-0.15, -0.1) is 0 Å². The molecule has 1 atom stereocenters. The highest BCUT2D eigenvalue weighted by molar-refractivity contribution is 5.93.